The van der Waals surface area contributed by atoms with Crippen molar-refractivity contribution < 1.29 is 24.3 Å². The normalized spacial score (nSPS) is 19.4. The fourth-order valence-corrected chi connectivity index (χ4v) is 26.3. The second-order valence-electron chi connectivity index (χ2n) is 15.4. The highest BCUT2D eigenvalue weighted by atomic mass is 28.3. The van der Waals surface area contributed by atoms with Crippen molar-refractivity contribution in [2.24, 2.45) is 5.41 Å². The molecule has 0 bridgehead atoms. The quantitative estimate of drug-likeness (QED) is 0.362. The van der Waals surface area contributed by atoms with Crippen LogP contribution >= 0.6 is 0 Å². The number of benzene rings is 2. The van der Waals surface area contributed by atoms with E-state index in [1.165, 1.54) is 44.9 Å². The van der Waals surface area contributed by atoms with Gasteiger partial charge < -0.3 is 9.94 Å². The molecule has 0 atom stereocenters. The average Bonchev–Trinajstić information content (AvgIpc) is 2.87. The Bertz CT molecular complexity index is 1360. The van der Waals surface area contributed by atoms with E-state index >= 15 is 0 Å². The molecule has 0 aliphatic carbocycles. The fourth-order valence-electron chi connectivity index (χ4n) is 5.76. The van der Waals surface area contributed by atoms with Crippen LogP contribution in [0.25, 0.3) is 0 Å². The number of aromatic carboxylic acids is 1. The first-order valence-electron chi connectivity index (χ1n) is 14.6. The summed E-state index contributed by atoms with van der Waals surface area (Å²) in [5, 5.41) is 14.9. The maximum Gasteiger partial charge on any atom is 0.337 e. The van der Waals surface area contributed by atoms with Gasteiger partial charge in [0.1, 0.15) is 0 Å². The molecule has 2 aliphatic rings. The SMILES string of the molecule is CC(C)(C)C(=O)ONC(=O)c1ccc2c(c1)[Si](C)(C)CC[Si]2(C)C.C[Si]1(C)CC[Si](C)(C)c2cc(C(=O)O)ccc21. The molecule has 0 radical (unpaired) electrons. The Kier molecular flexibility index (Phi) is 9.26. The lowest BCUT2D eigenvalue weighted by molar-refractivity contribution is -0.158. The molecule has 1 amide bonds. The van der Waals surface area contributed by atoms with Crippen molar-refractivity contribution in [1.82, 2.24) is 5.48 Å². The third-order valence-electron chi connectivity index (χ3n) is 9.06. The highest BCUT2D eigenvalue weighted by molar-refractivity contribution is 7.04. The van der Waals surface area contributed by atoms with E-state index in [-0.39, 0.29) is 5.91 Å². The molecule has 2 aliphatic heterocycles. The second kappa shape index (κ2) is 11.4. The molecule has 2 aromatic carbocycles. The van der Waals surface area contributed by atoms with E-state index in [0.29, 0.717) is 11.1 Å². The fraction of sp³-hybridized carbons (Fsp3) is 0.516. The number of carbonyl (C=O) groups is 3. The van der Waals surface area contributed by atoms with Crippen molar-refractivity contribution in [2.45, 2.75) is 97.3 Å². The number of hydrogen-bond acceptors (Lipinski definition) is 4. The average molecular weight is 628 g/mol. The first-order valence-corrected chi connectivity index (χ1v) is 27.5. The van der Waals surface area contributed by atoms with Gasteiger partial charge >= 0.3 is 11.9 Å². The summed E-state index contributed by atoms with van der Waals surface area (Å²) >= 11 is 0. The summed E-state index contributed by atoms with van der Waals surface area (Å²) in [6.45, 7) is 24.3. The van der Waals surface area contributed by atoms with Crippen LogP contribution in [-0.4, -0.2) is 55.2 Å². The Morgan fingerprint density at radius 1 is 0.659 bits per heavy atom. The Morgan fingerprint density at radius 2 is 1.02 bits per heavy atom. The molecule has 0 fully saturated rings. The summed E-state index contributed by atoms with van der Waals surface area (Å²) in [5.74, 6) is -1.61. The van der Waals surface area contributed by atoms with Gasteiger partial charge in [0.15, 0.2) is 0 Å². The molecule has 10 heteroatoms. The molecular formula is C31H49NO5Si4. The van der Waals surface area contributed by atoms with Crippen molar-refractivity contribution in [3.8, 4) is 0 Å². The summed E-state index contributed by atoms with van der Waals surface area (Å²) in [6, 6.07) is 17.1. The van der Waals surface area contributed by atoms with Gasteiger partial charge in [-0.2, -0.15) is 5.48 Å². The highest BCUT2D eigenvalue weighted by Crippen LogP contribution is 2.27. The van der Waals surface area contributed by atoms with Crippen molar-refractivity contribution >= 4 is 70.9 Å². The highest BCUT2D eigenvalue weighted by Gasteiger charge is 2.41. The topological polar surface area (TPSA) is 92.7 Å². The molecule has 41 heavy (non-hydrogen) atoms. The molecule has 4 rings (SSSR count). The molecule has 0 aromatic heterocycles. The van der Waals surface area contributed by atoms with Gasteiger partial charge in [0, 0.05) is 5.56 Å². The van der Waals surface area contributed by atoms with Gasteiger partial charge in [-0.25, -0.2) is 9.59 Å². The first-order chi connectivity index (χ1) is 18.6. The van der Waals surface area contributed by atoms with Gasteiger partial charge in [-0.1, -0.05) is 115 Å². The monoisotopic (exact) mass is 627 g/mol. The molecule has 0 spiro atoms. The summed E-state index contributed by atoms with van der Waals surface area (Å²) < 4.78 is 0. The zero-order valence-electron chi connectivity index (χ0n) is 26.9. The number of fused-ring (bicyclic) bond motifs is 2. The zero-order chi connectivity index (χ0) is 31.2. The molecule has 2 heterocycles. The van der Waals surface area contributed by atoms with Crippen molar-refractivity contribution in [2.75, 3.05) is 0 Å². The lowest BCUT2D eigenvalue weighted by Gasteiger charge is -2.39. The van der Waals surface area contributed by atoms with Crippen LogP contribution in [0.4, 0.5) is 0 Å². The molecule has 2 aromatic rings. The van der Waals surface area contributed by atoms with E-state index in [9.17, 15) is 14.4 Å². The van der Waals surface area contributed by atoms with Crippen molar-refractivity contribution in [1.29, 1.82) is 0 Å². The number of carboxylic acids is 1. The second-order valence-corrected chi connectivity index (χ2v) is 34.7. The van der Waals surface area contributed by atoms with Gasteiger partial charge in [0.2, 0.25) is 0 Å². The number of hydrogen-bond donors (Lipinski definition) is 2. The Labute approximate surface area is 250 Å². The van der Waals surface area contributed by atoms with Gasteiger partial charge in [-0.15, -0.1) is 0 Å². The van der Waals surface area contributed by atoms with E-state index < -0.39 is 49.6 Å². The van der Waals surface area contributed by atoms with E-state index in [2.05, 4.69) is 70.0 Å². The maximum atomic E-state index is 12.4. The molecule has 0 unspecified atom stereocenters. The molecule has 2 N–H and O–H groups in total. The van der Waals surface area contributed by atoms with Crippen LogP contribution in [0.15, 0.2) is 36.4 Å². The third-order valence-corrected chi connectivity index (χ3v) is 24.1. The van der Waals surface area contributed by atoms with Crippen LogP contribution in [0.1, 0.15) is 41.5 Å². The van der Waals surface area contributed by atoms with Gasteiger partial charge in [-0.05, 0) is 39.0 Å². The predicted molar refractivity (Wildman–Crippen MR) is 181 cm³/mol. The first kappa shape index (κ1) is 33.2. The van der Waals surface area contributed by atoms with Crippen LogP contribution in [0, 0.1) is 5.41 Å². The Hall–Kier alpha value is -2.28. The van der Waals surface area contributed by atoms with E-state index in [1.807, 2.05) is 18.2 Å². The molecule has 0 saturated carbocycles. The number of rotatable bonds is 2. The molecular weight excluding hydrogens is 579 g/mol. The summed E-state index contributed by atoms with van der Waals surface area (Å²) in [4.78, 5) is 40.2. The minimum Gasteiger partial charge on any atom is -0.478 e. The number of nitrogens with one attached hydrogen (secondary N) is 1. The zero-order valence-corrected chi connectivity index (χ0v) is 30.9. The van der Waals surface area contributed by atoms with Crippen LogP contribution in [0.5, 0.6) is 0 Å². The standard InChI is InChI=1S/C18H29NO3Si2.C13H20O2Si2/c1-18(2,3)17(21)22-19-16(20)13-8-9-14-15(12-13)24(6,7)11-10-23(14,4)5;1-16(2)7-8-17(3,4)12-9-10(13(14)15)5-6-11(12)16/h8-9,12H,10-11H2,1-7H3,(H,19,20);5-6,9H,7-8H2,1-4H3,(H,14,15). The number of hydroxylamine groups is 1. The van der Waals surface area contributed by atoms with Crippen molar-refractivity contribution in [3.63, 3.8) is 0 Å². The number of amides is 1. The number of carbonyl (C=O) groups excluding carboxylic acids is 2. The summed E-state index contributed by atoms with van der Waals surface area (Å²) in [7, 11) is -5.63. The molecule has 224 valence electrons. The lowest BCUT2D eigenvalue weighted by atomic mass is 9.98. The van der Waals surface area contributed by atoms with E-state index in [4.69, 9.17) is 9.94 Å². The van der Waals surface area contributed by atoms with Gasteiger partial charge in [0.25, 0.3) is 5.91 Å². The van der Waals surface area contributed by atoms with Crippen LogP contribution in [0.2, 0.25) is 76.6 Å². The third kappa shape index (κ3) is 7.39. The molecule has 0 saturated heterocycles. The largest absolute Gasteiger partial charge is 0.478 e. The Balaban J connectivity index is 0.000000239. The number of carboxylic acid groups (broad SMARTS) is 1. The Morgan fingerprint density at radius 3 is 1.41 bits per heavy atom. The van der Waals surface area contributed by atoms with Gasteiger partial charge in [0.05, 0.1) is 43.3 Å². The van der Waals surface area contributed by atoms with Gasteiger partial charge in [-0.3, -0.25) is 4.79 Å². The minimum absolute atomic E-state index is 0.356. The summed E-state index contributed by atoms with van der Waals surface area (Å²) in [6.07, 6.45) is 0. The predicted octanol–water partition coefficient (Wildman–Crippen LogP) is 4.99. The lowest BCUT2D eigenvalue weighted by Crippen LogP contribution is -2.63. The van der Waals surface area contributed by atoms with Crippen LogP contribution in [-0.2, 0) is 9.63 Å². The van der Waals surface area contributed by atoms with E-state index in [1.54, 1.807) is 26.8 Å². The summed E-state index contributed by atoms with van der Waals surface area (Å²) in [5.41, 5.74) is 2.68. The maximum absolute atomic E-state index is 12.4. The van der Waals surface area contributed by atoms with Crippen LogP contribution < -0.4 is 26.2 Å². The smallest absolute Gasteiger partial charge is 0.337 e. The van der Waals surface area contributed by atoms with Crippen LogP contribution in [0.3, 0.4) is 0 Å². The van der Waals surface area contributed by atoms with E-state index in [0.717, 1.165) is 0 Å². The van der Waals surface area contributed by atoms with Crippen molar-refractivity contribution in [3.05, 3.63) is 47.5 Å². The molecule has 6 nitrogen and oxygen atoms in total. The minimum atomic E-state index is -1.50.